The third kappa shape index (κ3) is 3.89. The lowest BCUT2D eigenvalue weighted by Crippen LogP contribution is -2.37. The van der Waals surface area contributed by atoms with Gasteiger partial charge in [-0.3, -0.25) is 0 Å². The van der Waals surface area contributed by atoms with Crippen LogP contribution in [0.1, 0.15) is 43.9 Å². The standard InChI is InChI=1S/C23H22N4O/c1-4-12-27(22(26-16-25)18-8-6-5-7-9-18)20-14-23(2,3)28-21-11-10-17(15-24)13-19(20)21/h5-11,13-14H,4,12H2,1-3H3/b26-22-. The van der Waals surface area contributed by atoms with Gasteiger partial charge in [0.2, 0.25) is 6.19 Å². The average molecular weight is 370 g/mol. The van der Waals surface area contributed by atoms with E-state index < -0.39 is 5.60 Å². The molecule has 0 amide bonds. The van der Waals surface area contributed by atoms with Crippen molar-refractivity contribution in [3.8, 4) is 18.0 Å². The molecular formula is C23H22N4O. The van der Waals surface area contributed by atoms with Crippen LogP contribution in [0.25, 0.3) is 5.70 Å². The SMILES string of the molecule is CCCN(C1=CC(C)(C)Oc2ccc(C#N)cc21)/C(=N\C#N)c1ccccc1. The minimum absolute atomic E-state index is 0.531. The maximum atomic E-state index is 9.35. The molecule has 0 radical (unpaired) electrons. The topological polar surface area (TPSA) is 72.4 Å². The molecule has 0 aliphatic carbocycles. The third-order valence-corrected chi connectivity index (χ3v) is 4.42. The number of aliphatic imine (C=N–C) groups is 1. The van der Waals surface area contributed by atoms with E-state index in [0.717, 1.165) is 23.2 Å². The Hall–Kier alpha value is -3.57. The minimum atomic E-state index is -0.531. The van der Waals surface area contributed by atoms with Crippen LogP contribution in [0, 0.1) is 22.8 Å². The van der Waals surface area contributed by atoms with E-state index in [2.05, 4.69) is 18.0 Å². The van der Waals surface area contributed by atoms with E-state index >= 15 is 0 Å². The molecule has 3 rings (SSSR count). The Labute approximate surface area is 165 Å². The third-order valence-electron chi connectivity index (χ3n) is 4.42. The zero-order valence-electron chi connectivity index (χ0n) is 16.3. The lowest BCUT2D eigenvalue weighted by molar-refractivity contribution is 0.156. The van der Waals surface area contributed by atoms with Gasteiger partial charge in [-0.05, 0) is 44.5 Å². The molecule has 0 saturated heterocycles. The Morgan fingerprint density at radius 1 is 1.14 bits per heavy atom. The van der Waals surface area contributed by atoms with Crippen LogP contribution < -0.4 is 4.74 Å². The van der Waals surface area contributed by atoms with Gasteiger partial charge in [-0.1, -0.05) is 37.3 Å². The second kappa shape index (κ2) is 7.98. The van der Waals surface area contributed by atoms with Crippen LogP contribution in [-0.2, 0) is 0 Å². The quantitative estimate of drug-likeness (QED) is 0.444. The van der Waals surface area contributed by atoms with Gasteiger partial charge >= 0.3 is 0 Å². The highest BCUT2D eigenvalue weighted by molar-refractivity contribution is 6.04. The van der Waals surface area contributed by atoms with Crippen molar-refractivity contribution in [1.82, 2.24) is 4.90 Å². The van der Waals surface area contributed by atoms with E-state index in [-0.39, 0.29) is 0 Å². The molecule has 5 nitrogen and oxygen atoms in total. The lowest BCUT2D eigenvalue weighted by Gasteiger charge is -2.36. The van der Waals surface area contributed by atoms with E-state index in [1.807, 2.05) is 73.5 Å². The first-order valence-electron chi connectivity index (χ1n) is 9.25. The Morgan fingerprint density at radius 2 is 1.89 bits per heavy atom. The summed E-state index contributed by atoms with van der Waals surface area (Å²) in [5.74, 6) is 1.30. The summed E-state index contributed by atoms with van der Waals surface area (Å²) in [7, 11) is 0. The van der Waals surface area contributed by atoms with Crippen molar-refractivity contribution in [3.05, 3.63) is 71.3 Å². The molecule has 2 aromatic carbocycles. The molecule has 1 aliphatic heterocycles. The number of hydrogen-bond donors (Lipinski definition) is 0. The average Bonchev–Trinajstić information content (AvgIpc) is 2.70. The van der Waals surface area contributed by atoms with Gasteiger partial charge < -0.3 is 9.64 Å². The summed E-state index contributed by atoms with van der Waals surface area (Å²) in [4.78, 5) is 6.20. The van der Waals surface area contributed by atoms with Crippen LogP contribution in [0.5, 0.6) is 5.75 Å². The number of nitriles is 2. The highest BCUT2D eigenvalue weighted by atomic mass is 16.5. The lowest BCUT2D eigenvalue weighted by atomic mass is 9.96. The predicted octanol–water partition coefficient (Wildman–Crippen LogP) is 4.71. The molecule has 140 valence electrons. The van der Waals surface area contributed by atoms with Gasteiger partial charge in [-0.15, -0.1) is 0 Å². The van der Waals surface area contributed by atoms with Gasteiger partial charge in [-0.25, -0.2) is 0 Å². The molecule has 0 unspecified atom stereocenters. The maximum Gasteiger partial charge on any atom is 0.207 e. The van der Waals surface area contributed by atoms with Gasteiger partial charge in [0.25, 0.3) is 0 Å². The fourth-order valence-corrected chi connectivity index (χ4v) is 3.31. The molecule has 5 heteroatoms. The molecule has 0 atom stereocenters. The molecular weight excluding hydrogens is 348 g/mol. The summed E-state index contributed by atoms with van der Waals surface area (Å²) >= 11 is 0. The summed E-state index contributed by atoms with van der Waals surface area (Å²) < 4.78 is 6.11. The van der Waals surface area contributed by atoms with Crippen LogP contribution in [0.3, 0.4) is 0 Å². The minimum Gasteiger partial charge on any atom is -0.483 e. The van der Waals surface area contributed by atoms with Crippen LogP contribution >= 0.6 is 0 Å². The summed E-state index contributed by atoms with van der Waals surface area (Å²) in [5.41, 5.74) is 2.61. The Morgan fingerprint density at radius 3 is 2.54 bits per heavy atom. The molecule has 0 saturated carbocycles. The van der Waals surface area contributed by atoms with Crippen molar-refractivity contribution in [2.45, 2.75) is 32.8 Å². The highest BCUT2D eigenvalue weighted by Crippen LogP contribution is 2.39. The first-order chi connectivity index (χ1) is 13.5. The van der Waals surface area contributed by atoms with Crippen molar-refractivity contribution >= 4 is 11.5 Å². The number of hydrogen-bond acceptors (Lipinski definition) is 4. The number of ether oxygens (including phenoxy) is 1. The Bertz CT molecular complexity index is 1010. The molecule has 0 spiro atoms. The molecule has 0 bridgehead atoms. The summed E-state index contributed by atoms with van der Waals surface area (Å²) in [5, 5.41) is 18.7. The number of amidine groups is 1. The maximum absolute atomic E-state index is 9.35. The second-order valence-corrected chi connectivity index (χ2v) is 7.11. The van der Waals surface area contributed by atoms with Crippen molar-refractivity contribution in [3.63, 3.8) is 0 Å². The van der Waals surface area contributed by atoms with Crippen LogP contribution in [0.2, 0.25) is 0 Å². The molecule has 0 fully saturated rings. The van der Waals surface area contributed by atoms with Crippen molar-refractivity contribution in [2.24, 2.45) is 4.99 Å². The molecule has 0 aromatic heterocycles. The van der Waals surface area contributed by atoms with Crippen LogP contribution in [-0.4, -0.2) is 22.9 Å². The first-order valence-corrected chi connectivity index (χ1v) is 9.25. The largest absolute Gasteiger partial charge is 0.483 e. The molecule has 28 heavy (non-hydrogen) atoms. The molecule has 1 aliphatic rings. The van der Waals surface area contributed by atoms with Crippen molar-refractivity contribution in [1.29, 1.82) is 10.5 Å². The normalized spacial score (nSPS) is 14.8. The van der Waals surface area contributed by atoms with E-state index in [1.54, 1.807) is 6.07 Å². The van der Waals surface area contributed by atoms with Crippen molar-refractivity contribution < 1.29 is 4.74 Å². The number of nitrogens with zero attached hydrogens (tertiary/aromatic N) is 4. The number of fused-ring (bicyclic) bond motifs is 1. The molecule has 2 aromatic rings. The smallest absolute Gasteiger partial charge is 0.207 e. The van der Waals surface area contributed by atoms with Gasteiger partial charge in [0.05, 0.1) is 17.3 Å². The molecule has 1 heterocycles. The number of benzene rings is 2. The van der Waals surface area contributed by atoms with Gasteiger partial charge in [0.15, 0.2) is 5.84 Å². The van der Waals surface area contributed by atoms with E-state index in [4.69, 9.17) is 4.74 Å². The summed E-state index contributed by atoms with van der Waals surface area (Å²) in [6, 6.07) is 17.3. The fourth-order valence-electron chi connectivity index (χ4n) is 3.31. The highest BCUT2D eigenvalue weighted by Gasteiger charge is 2.31. The fraction of sp³-hybridized carbons (Fsp3) is 0.261. The monoisotopic (exact) mass is 370 g/mol. The first kappa shape index (κ1) is 19.2. The number of rotatable bonds is 4. The van der Waals surface area contributed by atoms with Gasteiger partial charge in [0, 0.05) is 17.7 Å². The van der Waals surface area contributed by atoms with Crippen LogP contribution in [0.4, 0.5) is 0 Å². The summed E-state index contributed by atoms with van der Waals surface area (Å²) in [6.45, 7) is 6.73. The molecule has 0 N–H and O–H groups in total. The van der Waals surface area contributed by atoms with Gasteiger partial charge in [-0.2, -0.15) is 15.5 Å². The van der Waals surface area contributed by atoms with Gasteiger partial charge in [0.1, 0.15) is 11.4 Å². The van der Waals surface area contributed by atoms with E-state index in [1.165, 1.54) is 0 Å². The predicted molar refractivity (Wildman–Crippen MR) is 109 cm³/mol. The van der Waals surface area contributed by atoms with Crippen molar-refractivity contribution in [2.75, 3.05) is 6.54 Å². The summed E-state index contributed by atoms with van der Waals surface area (Å²) in [6.07, 6.45) is 4.84. The van der Waals surface area contributed by atoms with Crippen LogP contribution in [0.15, 0.2) is 59.6 Å². The zero-order chi connectivity index (χ0) is 20.1. The van der Waals surface area contributed by atoms with E-state index in [9.17, 15) is 10.5 Å². The second-order valence-electron chi connectivity index (χ2n) is 7.11. The zero-order valence-corrected chi connectivity index (χ0v) is 16.3. The Kier molecular flexibility index (Phi) is 5.47. The Balaban J connectivity index is 2.21. The van der Waals surface area contributed by atoms with E-state index in [0.29, 0.717) is 23.7 Å².